The topological polar surface area (TPSA) is 49.2 Å². The highest BCUT2D eigenvalue weighted by Crippen LogP contribution is 2.26. The van der Waals surface area contributed by atoms with Crippen LogP contribution in [0.25, 0.3) is 0 Å². The van der Waals surface area contributed by atoms with E-state index >= 15 is 0 Å². The van der Waals surface area contributed by atoms with Crippen LogP contribution in [0.5, 0.6) is 0 Å². The van der Waals surface area contributed by atoms with E-state index in [1.807, 2.05) is 0 Å². The zero-order chi connectivity index (χ0) is 12.8. The Labute approximate surface area is 109 Å². The smallest absolute Gasteiger partial charge is 0.135 e. The fourth-order valence-corrected chi connectivity index (χ4v) is 2.63. The Morgan fingerprint density at radius 3 is 2.83 bits per heavy atom. The predicted molar refractivity (Wildman–Crippen MR) is 72.9 cm³/mol. The van der Waals surface area contributed by atoms with Crippen molar-refractivity contribution in [3.63, 3.8) is 0 Å². The van der Waals surface area contributed by atoms with Gasteiger partial charge in [0, 0.05) is 31.0 Å². The first-order valence-corrected chi connectivity index (χ1v) is 7.05. The molecule has 0 spiro atoms. The van der Waals surface area contributed by atoms with E-state index in [1.165, 1.54) is 30.5 Å². The zero-order valence-electron chi connectivity index (χ0n) is 11.2. The third-order valence-electron chi connectivity index (χ3n) is 3.62. The van der Waals surface area contributed by atoms with E-state index in [0.717, 1.165) is 38.2 Å². The van der Waals surface area contributed by atoms with E-state index < -0.39 is 0 Å². The predicted octanol–water partition coefficient (Wildman–Crippen LogP) is 1.95. The number of hydrogen-bond acceptors (Lipinski definition) is 4. The molecule has 4 nitrogen and oxygen atoms in total. The Morgan fingerprint density at radius 2 is 2.06 bits per heavy atom. The van der Waals surface area contributed by atoms with Gasteiger partial charge in [-0.25, -0.2) is 9.97 Å². The molecule has 0 bridgehead atoms. The molecular weight excluding hydrogens is 226 g/mol. The SMILES string of the molecule is CCN(CCCO)c1ncnc2c1CCCCC2. The number of aliphatic hydroxyl groups excluding tert-OH is 1. The van der Waals surface area contributed by atoms with Gasteiger partial charge in [0.2, 0.25) is 0 Å². The number of rotatable bonds is 5. The highest BCUT2D eigenvalue weighted by atomic mass is 16.3. The largest absolute Gasteiger partial charge is 0.396 e. The van der Waals surface area contributed by atoms with E-state index in [2.05, 4.69) is 21.8 Å². The van der Waals surface area contributed by atoms with Crippen molar-refractivity contribution in [3.05, 3.63) is 17.6 Å². The van der Waals surface area contributed by atoms with Gasteiger partial charge in [0.05, 0.1) is 0 Å². The maximum Gasteiger partial charge on any atom is 0.135 e. The lowest BCUT2D eigenvalue weighted by Gasteiger charge is -2.24. The normalized spacial score (nSPS) is 15.0. The highest BCUT2D eigenvalue weighted by Gasteiger charge is 2.17. The molecular formula is C14H23N3O. The first-order chi connectivity index (χ1) is 8.86. The molecule has 0 amide bonds. The minimum Gasteiger partial charge on any atom is -0.396 e. The van der Waals surface area contributed by atoms with Gasteiger partial charge in [0.15, 0.2) is 0 Å². The average molecular weight is 249 g/mol. The van der Waals surface area contributed by atoms with E-state index in [-0.39, 0.29) is 6.61 Å². The summed E-state index contributed by atoms with van der Waals surface area (Å²) in [5, 5.41) is 8.98. The average Bonchev–Trinajstić information content (AvgIpc) is 2.65. The second-order valence-electron chi connectivity index (χ2n) is 4.84. The van der Waals surface area contributed by atoms with E-state index in [9.17, 15) is 0 Å². The van der Waals surface area contributed by atoms with Crippen molar-refractivity contribution in [1.29, 1.82) is 0 Å². The van der Waals surface area contributed by atoms with Gasteiger partial charge >= 0.3 is 0 Å². The Kier molecular flexibility index (Phi) is 4.93. The molecule has 1 heterocycles. The molecule has 2 rings (SSSR count). The monoisotopic (exact) mass is 249 g/mol. The van der Waals surface area contributed by atoms with Gasteiger partial charge in [-0.05, 0) is 39.0 Å². The van der Waals surface area contributed by atoms with Gasteiger partial charge in [0.1, 0.15) is 12.1 Å². The summed E-state index contributed by atoms with van der Waals surface area (Å²) in [6.07, 6.45) is 8.45. The molecule has 100 valence electrons. The van der Waals surface area contributed by atoms with Gasteiger partial charge < -0.3 is 10.0 Å². The molecule has 1 aliphatic carbocycles. The standard InChI is InChI=1S/C14H23N3O/c1-2-17(9-6-10-18)14-12-7-4-3-5-8-13(12)15-11-16-14/h11,18H,2-10H2,1H3. The van der Waals surface area contributed by atoms with Gasteiger partial charge in [-0.3, -0.25) is 0 Å². The molecule has 1 aliphatic rings. The molecule has 1 aromatic rings. The second-order valence-corrected chi connectivity index (χ2v) is 4.84. The van der Waals surface area contributed by atoms with Crippen molar-refractivity contribution in [1.82, 2.24) is 9.97 Å². The molecule has 0 saturated carbocycles. The molecule has 1 N–H and O–H groups in total. The van der Waals surface area contributed by atoms with E-state index in [1.54, 1.807) is 6.33 Å². The minimum atomic E-state index is 0.240. The molecule has 1 aromatic heterocycles. The molecule has 0 atom stereocenters. The summed E-state index contributed by atoms with van der Waals surface area (Å²) in [6.45, 7) is 4.19. The summed E-state index contributed by atoms with van der Waals surface area (Å²) in [4.78, 5) is 11.2. The van der Waals surface area contributed by atoms with E-state index in [0.29, 0.717) is 0 Å². The molecule has 0 radical (unpaired) electrons. The Morgan fingerprint density at radius 1 is 1.22 bits per heavy atom. The lowest BCUT2D eigenvalue weighted by atomic mass is 10.1. The summed E-state index contributed by atoms with van der Waals surface area (Å²) < 4.78 is 0. The highest BCUT2D eigenvalue weighted by molar-refractivity contribution is 5.49. The molecule has 4 heteroatoms. The Balaban J connectivity index is 2.25. The molecule has 0 unspecified atom stereocenters. The molecule has 0 fully saturated rings. The third-order valence-corrected chi connectivity index (χ3v) is 3.62. The van der Waals surface area contributed by atoms with Crippen LogP contribution >= 0.6 is 0 Å². The fourth-order valence-electron chi connectivity index (χ4n) is 2.63. The van der Waals surface area contributed by atoms with Crippen LogP contribution in [0.15, 0.2) is 6.33 Å². The first kappa shape index (κ1) is 13.3. The Hall–Kier alpha value is -1.16. The van der Waals surface area contributed by atoms with Crippen LogP contribution in [0.1, 0.15) is 43.9 Å². The van der Waals surface area contributed by atoms with Crippen molar-refractivity contribution >= 4 is 5.82 Å². The summed E-state index contributed by atoms with van der Waals surface area (Å²) in [5.74, 6) is 1.10. The minimum absolute atomic E-state index is 0.240. The van der Waals surface area contributed by atoms with Gasteiger partial charge in [-0.15, -0.1) is 0 Å². The third kappa shape index (κ3) is 2.99. The van der Waals surface area contributed by atoms with Crippen molar-refractivity contribution in [2.45, 2.75) is 45.4 Å². The fraction of sp³-hybridized carbons (Fsp3) is 0.714. The summed E-state index contributed by atoms with van der Waals surface area (Å²) in [6, 6.07) is 0. The number of aryl methyl sites for hydroxylation is 1. The van der Waals surface area contributed by atoms with Gasteiger partial charge in [-0.2, -0.15) is 0 Å². The van der Waals surface area contributed by atoms with Crippen molar-refractivity contribution in [2.75, 3.05) is 24.6 Å². The van der Waals surface area contributed by atoms with Gasteiger partial charge in [-0.1, -0.05) is 6.42 Å². The molecule has 18 heavy (non-hydrogen) atoms. The second kappa shape index (κ2) is 6.69. The summed E-state index contributed by atoms with van der Waals surface area (Å²) >= 11 is 0. The maximum absolute atomic E-state index is 8.98. The lowest BCUT2D eigenvalue weighted by molar-refractivity contribution is 0.289. The molecule has 0 aliphatic heterocycles. The van der Waals surface area contributed by atoms with Crippen LogP contribution in [0.3, 0.4) is 0 Å². The van der Waals surface area contributed by atoms with Crippen LogP contribution in [0.4, 0.5) is 5.82 Å². The lowest BCUT2D eigenvalue weighted by Crippen LogP contribution is -2.27. The quantitative estimate of drug-likeness (QED) is 0.810. The van der Waals surface area contributed by atoms with Crippen LogP contribution in [0, 0.1) is 0 Å². The van der Waals surface area contributed by atoms with Crippen molar-refractivity contribution < 1.29 is 5.11 Å². The maximum atomic E-state index is 8.98. The van der Waals surface area contributed by atoms with Crippen LogP contribution in [-0.2, 0) is 12.8 Å². The van der Waals surface area contributed by atoms with E-state index in [4.69, 9.17) is 5.11 Å². The number of hydrogen-bond donors (Lipinski definition) is 1. The summed E-state index contributed by atoms with van der Waals surface area (Å²) in [5.41, 5.74) is 2.58. The van der Waals surface area contributed by atoms with Crippen LogP contribution in [0.2, 0.25) is 0 Å². The van der Waals surface area contributed by atoms with Crippen molar-refractivity contribution in [2.24, 2.45) is 0 Å². The number of aliphatic hydroxyl groups is 1. The van der Waals surface area contributed by atoms with Crippen molar-refractivity contribution in [3.8, 4) is 0 Å². The Bertz CT molecular complexity index is 381. The first-order valence-electron chi connectivity index (χ1n) is 7.05. The number of anilines is 1. The number of fused-ring (bicyclic) bond motifs is 1. The number of nitrogens with zero attached hydrogens (tertiary/aromatic N) is 3. The van der Waals surface area contributed by atoms with Crippen LogP contribution in [-0.4, -0.2) is 34.8 Å². The number of aromatic nitrogens is 2. The summed E-state index contributed by atoms with van der Waals surface area (Å²) in [7, 11) is 0. The zero-order valence-corrected chi connectivity index (χ0v) is 11.2. The molecule has 0 aromatic carbocycles. The van der Waals surface area contributed by atoms with Crippen LogP contribution < -0.4 is 4.90 Å². The van der Waals surface area contributed by atoms with Gasteiger partial charge in [0.25, 0.3) is 0 Å². The molecule has 0 saturated heterocycles.